The smallest absolute Gasteiger partial charge is 0.0579 e. The van der Waals surface area contributed by atoms with Gasteiger partial charge in [-0.3, -0.25) is 0 Å². The molecule has 1 aromatic carbocycles. The van der Waals surface area contributed by atoms with Gasteiger partial charge in [-0.2, -0.15) is 0 Å². The summed E-state index contributed by atoms with van der Waals surface area (Å²) in [5.74, 6) is 0.427. The van der Waals surface area contributed by atoms with Crippen molar-refractivity contribution < 1.29 is 5.11 Å². The summed E-state index contributed by atoms with van der Waals surface area (Å²) in [5, 5.41) is 11.7. The molecule has 1 N–H and O–H groups in total. The van der Waals surface area contributed by atoms with Crippen LogP contribution in [0.5, 0.6) is 0 Å². The van der Waals surface area contributed by atoms with Gasteiger partial charge in [-0.25, -0.2) is 0 Å². The summed E-state index contributed by atoms with van der Waals surface area (Å²) in [4.78, 5) is 2.39. The third kappa shape index (κ3) is 2.42. The van der Waals surface area contributed by atoms with E-state index in [-0.39, 0.29) is 6.10 Å². The van der Waals surface area contributed by atoms with Crippen molar-refractivity contribution in [3.63, 3.8) is 0 Å². The molecule has 0 saturated carbocycles. The van der Waals surface area contributed by atoms with Gasteiger partial charge in [0.2, 0.25) is 0 Å². The predicted molar refractivity (Wildman–Crippen MR) is 85.2 cm³/mol. The van der Waals surface area contributed by atoms with Gasteiger partial charge < -0.3 is 10.0 Å². The first-order valence-corrected chi connectivity index (χ1v) is 10.2. The molecule has 2 saturated heterocycles. The van der Waals surface area contributed by atoms with Crippen molar-refractivity contribution in [2.24, 2.45) is 5.92 Å². The number of likely N-dealkylation sites (tertiary alicyclic amines) is 1. The van der Waals surface area contributed by atoms with E-state index in [1.54, 1.807) is 0 Å². The molecule has 2 fully saturated rings. The summed E-state index contributed by atoms with van der Waals surface area (Å²) >= 11 is 6.20. The van der Waals surface area contributed by atoms with Crippen molar-refractivity contribution in [3.05, 3.63) is 30.3 Å². The molecule has 0 aromatic heterocycles. The Morgan fingerprint density at radius 2 is 2.00 bits per heavy atom. The number of aliphatic hydroxyl groups is 1. The molecule has 2 aliphatic heterocycles. The first kappa shape index (κ1) is 13.8. The first-order chi connectivity index (χ1) is 9.11. The second kappa shape index (κ2) is 5.29. The molecule has 0 radical (unpaired) electrons. The summed E-state index contributed by atoms with van der Waals surface area (Å²) in [6.07, 6.45) is 2.91. The molecule has 0 spiro atoms. The minimum absolute atomic E-state index is 0.126. The van der Waals surface area contributed by atoms with Gasteiger partial charge in [0, 0.05) is 12.2 Å². The van der Waals surface area contributed by atoms with Crippen molar-refractivity contribution in [1.82, 2.24) is 4.90 Å². The summed E-state index contributed by atoms with van der Waals surface area (Å²) in [6, 6.07) is 9.16. The van der Waals surface area contributed by atoms with E-state index < -0.39 is 6.04 Å². The summed E-state index contributed by atoms with van der Waals surface area (Å²) in [7, 11) is 2.18. The fourth-order valence-corrected chi connectivity index (χ4v) is 8.86. The van der Waals surface area contributed by atoms with Crippen LogP contribution in [0.4, 0.5) is 0 Å². The van der Waals surface area contributed by atoms with E-state index >= 15 is 0 Å². The Labute approximate surface area is 120 Å². The maximum atomic E-state index is 10.3. The van der Waals surface area contributed by atoms with Gasteiger partial charge in [0.25, 0.3) is 0 Å². The average Bonchev–Trinajstić information content (AvgIpc) is 2.44. The van der Waals surface area contributed by atoms with Crippen LogP contribution in [0.2, 0.25) is 0 Å². The van der Waals surface area contributed by atoms with Crippen molar-refractivity contribution >= 4 is 23.1 Å². The van der Waals surface area contributed by atoms with Crippen LogP contribution >= 0.6 is 6.04 Å². The standard InChI is InChI=1S/C15H22NOPS/c1-16-9-7-13-14(17)8-10-18(19,15(13)11-16)12-5-3-2-4-6-12/h2-6,13-15,17H,7-11H2,1H3. The Hall–Kier alpha value is -0.210. The molecular weight excluding hydrogens is 273 g/mol. The highest BCUT2D eigenvalue weighted by Crippen LogP contribution is 2.58. The highest BCUT2D eigenvalue weighted by atomic mass is 32.4. The molecule has 0 bridgehead atoms. The van der Waals surface area contributed by atoms with Gasteiger partial charge in [0.1, 0.15) is 0 Å². The predicted octanol–water partition coefficient (Wildman–Crippen LogP) is 1.88. The van der Waals surface area contributed by atoms with Crippen LogP contribution in [-0.4, -0.2) is 48.1 Å². The molecule has 2 aliphatic rings. The summed E-state index contributed by atoms with van der Waals surface area (Å²) < 4.78 is 0. The third-order valence-corrected chi connectivity index (χ3v) is 10.5. The normalized spacial score (nSPS) is 39.8. The molecule has 4 atom stereocenters. The van der Waals surface area contributed by atoms with Gasteiger partial charge in [-0.05, 0) is 49.9 Å². The van der Waals surface area contributed by atoms with Gasteiger partial charge >= 0.3 is 0 Å². The van der Waals surface area contributed by atoms with Gasteiger partial charge in [-0.1, -0.05) is 42.1 Å². The number of piperidine rings is 1. The second-order valence-electron chi connectivity index (χ2n) is 5.99. The van der Waals surface area contributed by atoms with Crippen LogP contribution in [0.15, 0.2) is 30.3 Å². The Morgan fingerprint density at radius 3 is 2.74 bits per heavy atom. The molecule has 104 valence electrons. The molecule has 4 heteroatoms. The van der Waals surface area contributed by atoms with Crippen LogP contribution in [0.25, 0.3) is 0 Å². The largest absolute Gasteiger partial charge is 0.393 e. The molecule has 3 rings (SSSR count). The van der Waals surface area contributed by atoms with E-state index in [1.165, 1.54) is 5.30 Å². The van der Waals surface area contributed by atoms with Crippen molar-refractivity contribution in [2.75, 3.05) is 26.3 Å². The van der Waals surface area contributed by atoms with Gasteiger partial charge in [0.15, 0.2) is 0 Å². The molecular formula is C15H22NOPS. The van der Waals surface area contributed by atoms with E-state index in [0.717, 1.165) is 32.1 Å². The highest BCUT2D eigenvalue weighted by molar-refractivity contribution is 8.18. The van der Waals surface area contributed by atoms with Crippen LogP contribution in [-0.2, 0) is 11.8 Å². The topological polar surface area (TPSA) is 23.5 Å². The van der Waals surface area contributed by atoms with Crippen molar-refractivity contribution in [1.29, 1.82) is 0 Å². The summed E-state index contributed by atoms with van der Waals surface area (Å²) in [6.45, 7) is 2.16. The number of fused-ring (bicyclic) bond motifs is 1. The van der Waals surface area contributed by atoms with Gasteiger partial charge in [-0.15, -0.1) is 0 Å². The van der Waals surface area contributed by atoms with Crippen molar-refractivity contribution in [3.8, 4) is 0 Å². The Kier molecular flexibility index (Phi) is 3.83. The number of hydrogen-bond acceptors (Lipinski definition) is 3. The molecule has 2 nitrogen and oxygen atoms in total. The maximum Gasteiger partial charge on any atom is 0.0579 e. The highest BCUT2D eigenvalue weighted by Gasteiger charge is 2.45. The number of rotatable bonds is 1. The quantitative estimate of drug-likeness (QED) is 0.800. The zero-order chi connectivity index (χ0) is 13.5. The molecule has 4 unspecified atom stereocenters. The minimum Gasteiger partial charge on any atom is -0.393 e. The zero-order valence-electron chi connectivity index (χ0n) is 11.4. The fraction of sp³-hybridized carbons (Fsp3) is 0.600. The van der Waals surface area contributed by atoms with Crippen LogP contribution < -0.4 is 5.30 Å². The van der Waals surface area contributed by atoms with Crippen LogP contribution in [0, 0.1) is 5.92 Å². The lowest BCUT2D eigenvalue weighted by Gasteiger charge is -2.48. The number of nitrogens with zero attached hydrogens (tertiary/aromatic N) is 1. The molecule has 19 heavy (non-hydrogen) atoms. The molecule has 0 amide bonds. The maximum absolute atomic E-state index is 10.3. The zero-order valence-corrected chi connectivity index (χ0v) is 13.1. The van der Waals surface area contributed by atoms with E-state index in [4.69, 9.17) is 11.8 Å². The fourth-order valence-electron chi connectivity index (χ4n) is 3.70. The van der Waals surface area contributed by atoms with E-state index in [0.29, 0.717) is 11.6 Å². The van der Waals surface area contributed by atoms with Crippen LogP contribution in [0.3, 0.4) is 0 Å². The number of aliphatic hydroxyl groups excluding tert-OH is 1. The molecule has 2 heterocycles. The lowest BCUT2D eigenvalue weighted by Crippen LogP contribution is -2.50. The Bertz CT molecular complexity index is 492. The minimum atomic E-state index is -1.54. The third-order valence-electron chi connectivity index (χ3n) is 4.82. The number of hydrogen-bond donors (Lipinski definition) is 1. The SMILES string of the molecule is CN1CCC2C(O)CCP(=S)(c3ccccc3)C2C1. The van der Waals surface area contributed by atoms with Crippen molar-refractivity contribution in [2.45, 2.75) is 24.6 Å². The Morgan fingerprint density at radius 1 is 1.26 bits per heavy atom. The lowest BCUT2D eigenvalue weighted by atomic mass is 9.89. The number of benzene rings is 1. The van der Waals surface area contributed by atoms with E-state index in [1.807, 2.05) is 0 Å². The lowest BCUT2D eigenvalue weighted by molar-refractivity contribution is 0.0616. The van der Waals surface area contributed by atoms with E-state index in [2.05, 4.69) is 42.3 Å². The van der Waals surface area contributed by atoms with Crippen LogP contribution in [0.1, 0.15) is 12.8 Å². The monoisotopic (exact) mass is 295 g/mol. The van der Waals surface area contributed by atoms with Gasteiger partial charge in [0.05, 0.1) is 6.10 Å². The second-order valence-corrected chi connectivity index (χ2v) is 11.2. The molecule has 0 aliphatic carbocycles. The Balaban J connectivity index is 1.98. The van der Waals surface area contributed by atoms with E-state index in [9.17, 15) is 5.11 Å². The summed E-state index contributed by atoms with van der Waals surface area (Å²) in [5.41, 5.74) is 0.507. The first-order valence-electron chi connectivity index (χ1n) is 7.12. The molecule has 1 aromatic rings. The average molecular weight is 295 g/mol.